The van der Waals surface area contributed by atoms with Gasteiger partial charge in [0.2, 0.25) is 0 Å². The van der Waals surface area contributed by atoms with Crippen molar-refractivity contribution in [1.82, 2.24) is 4.98 Å². The summed E-state index contributed by atoms with van der Waals surface area (Å²) in [5, 5.41) is 1.06. The molecule has 3 rings (SSSR count). The molecule has 3 aromatic rings. The van der Waals surface area contributed by atoms with E-state index in [2.05, 4.69) is 63.0 Å². The largest absolute Gasteiger partial charge is 0.236 e. The summed E-state index contributed by atoms with van der Waals surface area (Å²) in [6.45, 7) is 2.12. The maximum absolute atomic E-state index is 4.80. The molecule has 20 heavy (non-hydrogen) atoms. The molecule has 0 bridgehead atoms. The fraction of sp³-hybridized carbons (Fsp3) is 0.0625. The lowest BCUT2D eigenvalue weighted by molar-refractivity contribution is 1.37. The molecule has 0 unspecified atom stereocenters. The van der Waals surface area contributed by atoms with Crippen LogP contribution in [-0.4, -0.2) is 4.98 Å². The van der Waals surface area contributed by atoms with E-state index in [4.69, 9.17) is 4.98 Å². The minimum atomic E-state index is 1.06. The second-order valence-corrected chi connectivity index (χ2v) is 7.48. The molecule has 0 aliphatic heterocycles. The van der Waals surface area contributed by atoms with Gasteiger partial charge in [-0.1, -0.05) is 56.1 Å². The van der Waals surface area contributed by atoms with Crippen molar-refractivity contribution in [1.29, 1.82) is 0 Å². The monoisotopic (exact) mass is 407 g/mol. The molecule has 1 aromatic heterocycles. The Balaban J connectivity index is 2.05. The number of thiazole rings is 1. The Morgan fingerprint density at radius 2 is 1.65 bits per heavy atom. The predicted molar refractivity (Wildman–Crippen MR) is 93.1 cm³/mol. The van der Waals surface area contributed by atoms with E-state index in [-0.39, 0.29) is 0 Å². The Labute approximate surface area is 139 Å². The van der Waals surface area contributed by atoms with Crippen molar-refractivity contribution in [3.63, 3.8) is 0 Å². The van der Waals surface area contributed by atoms with Crippen LogP contribution in [0.2, 0.25) is 0 Å². The second kappa shape index (κ2) is 5.80. The summed E-state index contributed by atoms with van der Waals surface area (Å²) in [4.78, 5) is 6.04. The molecule has 4 heteroatoms. The smallest absolute Gasteiger partial charge is 0.124 e. The maximum Gasteiger partial charge on any atom is 0.124 e. The molecule has 1 heterocycles. The van der Waals surface area contributed by atoms with Gasteiger partial charge in [0, 0.05) is 24.9 Å². The van der Waals surface area contributed by atoms with E-state index in [1.165, 1.54) is 4.88 Å². The molecule has 1 nitrogen and oxygen atoms in total. The first kappa shape index (κ1) is 14.0. The molecule has 0 radical (unpaired) electrons. The van der Waals surface area contributed by atoms with E-state index in [0.29, 0.717) is 0 Å². The van der Waals surface area contributed by atoms with Gasteiger partial charge in [-0.25, -0.2) is 4.98 Å². The first-order chi connectivity index (χ1) is 9.63. The van der Waals surface area contributed by atoms with Crippen LogP contribution in [0, 0.1) is 6.92 Å². The Morgan fingerprint density at radius 3 is 2.35 bits per heavy atom. The van der Waals surface area contributed by atoms with E-state index < -0.39 is 0 Å². The zero-order valence-electron chi connectivity index (χ0n) is 10.7. The first-order valence-corrected chi connectivity index (χ1v) is 8.53. The quantitative estimate of drug-likeness (QED) is 0.484. The highest BCUT2D eigenvalue weighted by atomic mass is 79.9. The molecule has 0 aliphatic carbocycles. The number of hydrogen-bond acceptors (Lipinski definition) is 2. The molecular weight excluding hydrogens is 398 g/mol. The molecule has 0 saturated heterocycles. The molecule has 0 atom stereocenters. The van der Waals surface area contributed by atoms with Gasteiger partial charge in [-0.2, -0.15) is 0 Å². The van der Waals surface area contributed by atoms with Crippen molar-refractivity contribution in [2.75, 3.05) is 0 Å². The molecule has 0 amide bonds. The number of nitrogens with zero attached hydrogens (tertiary/aromatic N) is 1. The van der Waals surface area contributed by atoms with Crippen LogP contribution in [0.5, 0.6) is 0 Å². The van der Waals surface area contributed by atoms with Gasteiger partial charge in [-0.15, -0.1) is 11.3 Å². The third-order valence-corrected chi connectivity index (χ3v) is 5.03. The Morgan fingerprint density at radius 1 is 0.900 bits per heavy atom. The van der Waals surface area contributed by atoms with E-state index in [1.807, 2.05) is 24.3 Å². The molecular formula is C16H11Br2NS. The lowest BCUT2D eigenvalue weighted by Crippen LogP contribution is -1.81. The summed E-state index contributed by atoms with van der Waals surface area (Å²) in [6, 6.07) is 16.5. The van der Waals surface area contributed by atoms with Gasteiger partial charge in [-0.05, 0) is 31.2 Å². The van der Waals surface area contributed by atoms with Crippen molar-refractivity contribution in [2.45, 2.75) is 6.92 Å². The summed E-state index contributed by atoms with van der Waals surface area (Å²) in [6.07, 6.45) is 0. The highest BCUT2D eigenvalue weighted by molar-refractivity contribution is 9.10. The summed E-state index contributed by atoms with van der Waals surface area (Å²) in [5.74, 6) is 0. The van der Waals surface area contributed by atoms with Crippen molar-refractivity contribution >= 4 is 43.2 Å². The van der Waals surface area contributed by atoms with Crippen molar-refractivity contribution in [3.8, 4) is 21.8 Å². The van der Waals surface area contributed by atoms with Crippen LogP contribution in [0.1, 0.15) is 4.88 Å². The number of aromatic nitrogens is 1. The average molecular weight is 409 g/mol. The minimum Gasteiger partial charge on any atom is -0.236 e. The minimum absolute atomic E-state index is 1.06. The van der Waals surface area contributed by atoms with Crippen LogP contribution in [0.4, 0.5) is 0 Å². The van der Waals surface area contributed by atoms with Gasteiger partial charge >= 0.3 is 0 Å². The second-order valence-electron chi connectivity index (χ2n) is 4.44. The van der Waals surface area contributed by atoms with Crippen molar-refractivity contribution in [2.24, 2.45) is 0 Å². The van der Waals surface area contributed by atoms with Gasteiger partial charge in [0.15, 0.2) is 0 Å². The SMILES string of the molecule is Cc1sc(-c2ccc(Br)cc2)nc1-c1cccc(Br)c1. The van der Waals surface area contributed by atoms with E-state index in [0.717, 1.165) is 30.8 Å². The zero-order chi connectivity index (χ0) is 14.1. The molecule has 2 aromatic carbocycles. The van der Waals surface area contributed by atoms with Crippen LogP contribution in [0.25, 0.3) is 21.8 Å². The predicted octanol–water partition coefficient (Wildman–Crippen LogP) is 6.31. The van der Waals surface area contributed by atoms with E-state index >= 15 is 0 Å². The van der Waals surface area contributed by atoms with Crippen LogP contribution >= 0.6 is 43.2 Å². The van der Waals surface area contributed by atoms with Crippen LogP contribution in [0.3, 0.4) is 0 Å². The summed E-state index contributed by atoms with van der Waals surface area (Å²) >= 11 is 8.71. The van der Waals surface area contributed by atoms with Gasteiger partial charge in [0.25, 0.3) is 0 Å². The zero-order valence-corrected chi connectivity index (χ0v) is 14.7. The lowest BCUT2D eigenvalue weighted by atomic mass is 10.1. The first-order valence-electron chi connectivity index (χ1n) is 6.13. The van der Waals surface area contributed by atoms with Gasteiger partial charge < -0.3 is 0 Å². The fourth-order valence-corrected chi connectivity index (χ4v) is 3.62. The lowest BCUT2D eigenvalue weighted by Gasteiger charge is -1.99. The van der Waals surface area contributed by atoms with Crippen LogP contribution in [0.15, 0.2) is 57.5 Å². The third kappa shape index (κ3) is 2.87. The summed E-state index contributed by atoms with van der Waals surface area (Å²) in [7, 11) is 0. The molecule has 100 valence electrons. The standard InChI is InChI=1S/C16H11Br2NS/c1-10-15(12-3-2-4-14(18)9-12)19-16(20-10)11-5-7-13(17)8-6-11/h2-9H,1H3. The Bertz CT molecular complexity index is 747. The normalized spacial score (nSPS) is 10.8. The Hall–Kier alpha value is -0.970. The van der Waals surface area contributed by atoms with Gasteiger partial charge in [0.1, 0.15) is 5.01 Å². The number of rotatable bonds is 2. The van der Waals surface area contributed by atoms with Gasteiger partial charge in [0.05, 0.1) is 5.69 Å². The number of benzene rings is 2. The number of hydrogen-bond donors (Lipinski definition) is 0. The summed E-state index contributed by atoms with van der Waals surface area (Å²) < 4.78 is 2.16. The van der Waals surface area contributed by atoms with Crippen molar-refractivity contribution in [3.05, 3.63) is 62.4 Å². The molecule has 0 aliphatic rings. The topological polar surface area (TPSA) is 12.9 Å². The third-order valence-electron chi connectivity index (χ3n) is 2.99. The highest BCUT2D eigenvalue weighted by Crippen LogP contribution is 2.34. The Kier molecular flexibility index (Phi) is 4.06. The van der Waals surface area contributed by atoms with Crippen molar-refractivity contribution < 1.29 is 0 Å². The molecule has 0 N–H and O–H groups in total. The van der Waals surface area contributed by atoms with Crippen LogP contribution in [-0.2, 0) is 0 Å². The average Bonchev–Trinajstić information content (AvgIpc) is 2.82. The number of aryl methyl sites for hydroxylation is 1. The van der Waals surface area contributed by atoms with E-state index in [9.17, 15) is 0 Å². The van der Waals surface area contributed by atoms with Gasteiger partial charge in [-0.3, -0.25) is 0 Å². The van der Waals surface area contributed by atoms with E-state index in [1.54, 1.807) is 11.3 Å². The maximum atomic E-state index is 4.80. The molecule has 0 saturated carbocycles. The molecule has 0 fully saturated rings. The summed E-state index contributed by atoms with van der Waals surface area (Å²) in [5.41, 5.74) is 3.37. The molecule has 0 spiro atoms. The highest BCUT2D eigenvalue weighted by Gasteiger charge is 2.11. The fourth-order valence-electron chi connectivity index (χ4n) is 2.02. The van der Waals surface area contributed by atoms with Crippen LogP contribution < -0.4 is 0 Å². The number of halogens is 2.